The molecule has 0 aromatic heterocycles. The van der Waals surface area contributed by atoms with Gasteiger partial charge >= 0.3 is 11.1 Å². The second-order valence-corrected chi connectivity index (χ2v) is 7.28. The van der Waals surface area contributed by atoms with E-state index in [-0.39, 0.29) is 8.96 Å². The highest BCUT2D eigenvalue weighted by atomic mass is 79.9. The van der Waals surface area contributed by atoms with Crippen LogP contribution in [0.4, 0.5) is 0 Å². The van der Waals surface area contributed by atoms with Crippen molar-refractivity contribution in [2.45, 2.75) is 37.1 Å². The molecule has 0 saturated carbocycles. The largest absolute Gasteiger partial charge is 0.349 e. The van der Waals surface area contributed by atoms with Crippen molar-refractivity contribution < 1.29 is 14.6 Å². The molecule has 27 heavy (non-hydrogen) atoms. The molecule has 9 heteroatoms. The van der Waals surface area contributed by atoms with Crippen molar-refractivity contribution in [1.29, 1.82) is 0 Å². The van der Waals surface area contributed by atoms with Crippen LogP contribution in [0.3, 0.4) is 0 Å². The first-order chi connectivity index (χ1) is 12.8. The second kappa shape index (κ2) is 8.22. The van der Waals surface area contributed by atoms with Crippen molar-refractivity contribution in [3.63, 3.8) is 0 Å². The van der Waals surface area contributed by atoms with Gasteiger partial charge in [0.15, 0.2) is 12.2 Å². The van der Waals surface area contributed by atoms with Crippen LogP contribution < -0.4 is 0 Å². The van der Waals surface area contributed by atoms with Crippen LogP contribution in [0.1, 0.15) is 13.8 Å². The summed E-state index contributed by atoms with van der Waals surface area (Å²) < 4.78 is 6.33. The fourth-order valence-electron chi connectivity index (χ4n) is 2.85. The van der Waals surface area contributed by atoms with Crippen molar-refractivity contribution in [2.75, 3.05) is 0 Å². The van der Waals surface area contributed by atoms with E-state index in [2.05, 4.69) is 55.5 Å². The molecule has 2 aliphatic rings. The number of ether oxygens (including phenoxy) is 1. The molecular weight excluding hydrogens is 484 g/mol. The first-order valence-electron chi connectivity index (χ1n) is 7.68. The third-order valence-corrected chi connectivity index (χ3v) is 5.85. The summed E-state index contributed by atoms with van der Waals surface area (Å²) in [7, 11) is 0. The van der Waals surface area contributed by atoms with Crippen LogP contribution in [0.2, 0.25) is 0 Å². The number of nitro groups is 2. The smallest absolute Gasteiger partial charge is 0.341 e. The highest BCUT2D eigenvalue weighted by Gasteiger charge is 2.59. The summed E-state index contributed by atoms with van der Waals surface area (Å²) in [5.41, 5.74) is -3.82. The maximum absolute atomic E-state index is 11.9. The molecule has 4 atom stereocenters. The predicted molar refractivity (Wildman–Crippen MR) is 107 cm³/mol. The molecule has 0 amide bonds. The van der Waals surface area contributed by atoms with Gasteiger partial charge in [0.1, 0.15) is 0 Å². The highest BCUT2D eigenvalue weighted by molar-refractivity contribution is 9.12. The van der Waals surface area contributed by atoms with Crippen molar-refractivity contribution in [3.8, 4) is 23.7 Å². The molecule has 140 valence electrons. The van der Waals surface area contributed by atoms with Gasteiger partial charge < -0.3 is 4.74 Å². The van der Waals surface area contributed by atoms with Crippen LogP contribution in [0.25, 0.3) is 0 Å². The van der Waals surface area contributed by atoms with E-state index in [0.29, 0.717) is 0 Å². The van der Waals surface area contributed by atoms with E-state index in [1.807, 2.05) is 0 Å². The molecule has 0 aromatic carbocycles. The van der Waals surface area contributed by atoms with Crippen LogP contribution >= 0.6 is 31.9 Å². The van der Waals surface area contributed by atoms with Gasteiger partial charge in [0.05, 0.1) is 8.96 Å². The van der Waals surface area contributed by atoms with Crippen molar-refractivity contribution in [1.82, 2.24) is 0 Å². The van der Waals surface area contributed by atoms with E-state index in [1.54, 1.807) is 12.2 Å². The van der Waals surface area contributed by atoms with E-state index in [1.165, 1.54) is 38.2 Å². The van der Waals surface area contributed by atoms with E-state index in [0.717, 1.165) is 0 Å². The number of hydrogen-bond acceptors (Lipinski definition) is 5. The first kappa shape index (κ1) is 21.1. The van der Waals surface area contributed by atoms with Gasteiger partial charge in [0.25, 0.3) is 0 Å². The molecule has 0 aliphatic heterocycles. The topological polar surface area (TPSA) is 95.5 Å². The Morgan fingerprint density at radius 1 is 0.926 bits per heavy atom. The molecule has 7 nitrogen and oxygen atoms in total. The van der Waals surface area contributed by atoms with Crippen LogP contribution in [-0.2, 0) is 4.74 Å². The van der Waals surface area contributed by atoms with Gasteiger partial charge in [0.2, 0.25) is 0 Å². The normalized spacial score (nSPS) is 31.6. The molecular formula is C18H14Br2N2O5. The molecule has 2 aliphatic carbocycles. The maximum atomic E-state index is 11.9. The van der Waals surface area contributed by atoms with Crippen LogP contribution in [0.5, 0.6) is 0 Å². The second-order valence-electron chi connectivity index (χ2n) is 5.57. The summed E-state index contributed by atoms with van der Waals surface area (Å²) in [4.78, 5) is 22.7. The number of allylic oxidation sites excluding steroid dienone is 4. The van der Waals surface area contributed by atoms with Gasteiger partial charge in [-0.15, -0.1) is 0 Å². The zero-order valence-electron chi connectivity index (χ0n) is 14.3. The summed E-state index contributed by atoms with van der Waals surface area (Å²) in [6, 6.07) is 0. The van der Waals surface area contributed by atoms with Gasteiger partial charge in [-0.1, -0.05) is 24.0 Å². The summed E-state index contributed by atoms with van der Waals surface area (Å²) in [6.45, 7) is 2.95. The predicted octanol–water partition coefficient (Wildman–Crippen LogP) is 3.52. The van der Waals surface area contributed by atoms with Gasteiger partial charge in [-0.2, -0.15) is 0 Å². The molecule has 0 aromatic rings. The lowest BCUT2D eigenvalue weighted by Crippen LogP contribution is -2.56. The molecule has 0 bridgehead atoms. The minimum absolute atomic E-state index is 0.199. The highest BCUT2D eigenvalue weighted by Crippen LogP contribution is 2.40. The van der Waals surface area contributed by atoms with Gasteiger partial charge in [-0.05, 0) is 81.9 Å². The molecule has 4 unspecified atom stereocenters. The summed E-state index contributed by atoms with van der Waals surface area (Å²) >= 11 is 6.41. The van der Waals surface area contributed by atoms with Gasteiger partial charge in [-0.3, -0.25) is 20.2 Å². The number of rotatable bonds is 4. The molecule has 0 spiro atoms. The minimum atomic E-state index is -1.91. The lowest BCUT2D eigenvalue weighted by Gasteiger charge is -2.35. The van der Waals surface area contributed by atoms with Crippen molar-refractivity contribution in [2.24, 2.45) is 0 Å². The first-order valence-corrected chi connectivity index (χ1v) is 9.27. The van der Waals surface area contributed by atoms with Crippen LogP contribution in [0, 0.1) is 43.9 Å². The SMILES string of the molecule is CC#CC1([N+](=O)[O-])C(Br)=CC=CC1OC1C=CC=C(Br)C1(C#CC)[N+](=O)[O-]. The number of nitrogens with zero attached hydrogens (tertiary/aromatic N) is 2. The Balaban J connectivity index is 2.57. The molecule has 0 radical (unpaired) electrons. The Labute approximate surface area is 172 Å². The van der Waals surface area contributed by atoms with E-state index >= 15 is 0 Å². The maximum Gasteiger partial charge on any atom is 0.341 e. The van der Waals surface area contributed by atoms with E-state index < -0.39 is 33.1 Å². The number of hydrogen-bond donors (Lipinski definition) is 0. The summed E-state index contributed by atoms with van der Waals surface area (Å²) in [5.74, 6) is 10.3. The third kappa shape index (κ3) is 3.39. The number of halogens is 2. The molecule has 0 saturated heterocycles. The molecule has 0 heterocycles. The van der Waals surface area contributed by atoms with E-state index in [9.17, 15) is 20.2 Å². The Bertz CT molecular complexity index is 842. The fraction of sp³-hybridized carbons (Fsp3) is 0.333. The Morgan fingerprint density at radius 2 is 1.30 bits per heavy atom. The fourth-order valence-corrected chi connectivity index (χ4v) is 4.09. The molecule has 0 fully saturated rings. The third-order valence-electron chi connectivity index (χ3n) is 4.11. The van der Waals surface area contributed by atoms with Crippen molar-refractivity contribution in [3.05, 3.63) is 65.6 Å². The Morgan fingerprint density at radius 3 is 1.59 bits per heavy atom. The summed E-state index contributed by atoms with van der Waals surface area (Å²) in [6.07, 6.45) is 6.73. The lowest BCUT2D eigenvalue weighted by molar-refractivity contribution is -0.563. The standard InChI is InChI=1S/C18H14Br2N2O5/c1-3-11-17(21(23)24)13(19)7-5-9-15(17)27-16-10-6-8-14(20)18(16,12-4-2)22(25)26/h5-10,15-16H,1-2H3. The summed E-state index contributed by atoms with van der Waals surface area (Å²) in [5, 5.41) is 23.9. The molecule has 0 N–H and O–H groups in total. The molecule has 2 rings (SSSR count). The van der Waals surface area contributed by atoms with E-state index in [4.69, 9.17) is 4.74 Å². The minimum Gasteiger partial charge on any atom is -0.349 e. The van der Waals surface area contributed by atoms with Gasteiger partial charge in [0, 0.05) is 9.85 Å². The quantitative estimate of drug-likeness (QED) is 0.336. The Kier molecular flexibility index (Phi) is 6.42. The monoisotopic (exact) mass is 496 g/mol. The zero-order valence-corrected chi connectivity index (χ0v) is 17.5. The lowest BCUT2D eigenvalue weighted by atomic mass is 9.86. The average molecular weight is 498 g/mol. The van der Waals surface area contributed by atoms with Gasteiger partial charge in [-0.25, -0.2) is 0 Å². The van der Waals surface area contributed by atoms with Crippen LogP contribution in [0.15, 0.2) is 45.4 Å². The van der Waals surface area contributed by atoms with Crippen molar-refractivity contribution >= 4 is 31.9 Å². The zero-order chi connectivity index (χ0) is 20.2. The Hall–Kier alpha value is -2.20. The van der Waals surface area contributed by atoms with Crippen LogP contribution in [-0.4, -0.2) is 33.1 Å². The average Bonchev–Trinajstić information content (AvgIpc) is 2.60.